The first-order valence-electron chi connectivity index (χ1n) is 8.82. The van der Waals surface area contributed by atoms with E-state index in [1.165, 1.54) is 5.57 Å². The second-order valence-electron chi connectivity index (χ2n) is 7.30. The number of esters is 1. The SMILES string of the molecule is C=C(C)[C@@H]1C=C([C@@H]2C[C@](C)(OCc3ccccc3)C(=O)O2)C(C)=CC1. The summed E-state index contributed by atoms with van der Waals surface area (Å²) < 4.78 is 11.7. The van der Waals surface area contributed by atoms with Crippen molar-refractivity contribution in [2.24, 2.45) is 5.92 Å². The maximum Gasteiger partial charge on any atom is 0.338 e. The van der Waals surface area contributed by atoms with E-state index in [9.17, 15) is 4.79 Å². The number of benzene rings is 1. The fourth-order valence-electron chi connectivity index (χ4n) is 3.38. The second kappa shape index (κ2) is 7.01. The molecule has 1 fully saturated rings. The molecule has 1 aromatic rings. The molecule has 3 atom stereocenters. The fraction of sp³-hybridized carbons (Fsp3) is 0.409. The summed E-state index contributed by atoms with van der Waals surface area (Å²) in [4.78, 5) is 12.5. The zero-order valence-corrected chi connectivity index (χ0v) is 15.2. The zero-order chi connectivity index (χ0) is 18.0. The van der Waals surface area contributed by atoms with E-state index in [-0.39, 0.29) is 12.1 Å². The molecule has 132 valence electrons. The number of rotatable bonds is 5. The smallest absolute Gasteiger partial charge is 0.338 e. The van der Waals surface area contributed by atoms with Crippen LogP contribution in [0.4, 0.5) is 0 Å². The van der Waals surface area contributed by atoms with Crippen molar-refractivity contribution in [3.63, 3.8) is 0 Å². The summed E-state index contributed by atoms with van der Waals surface area (Å²) in [5.41, 5.74) is 3.56. The van der Waals surface area contributed by atoms with Gasteiger partial charge in [-0.1, -0.05) is 54.6 Å². The van der Waals surface area contributed by atoms with Crippen LogP contribution in [-0.4, -0.2) is 17.7 Å². The molecular formula is C22H26O3. The largest absolute Gasteiger partial charge is 0.455 e. The first-order chi connectivity index (χ1) is 11.9. The Kier molecular flexibility index (Phi) is 4.96. The average molecular weight is 338 g/mol. The normalized spacial score (nSPS) is 29.0. The van der Waals surface area contributed by atoms with Gasteiger partial charge in [0.2, 0.25) is 0 Å². The zero-order valence-electron chi connectivity index (χ0n) is 15.2. The van der Waals surface area contributed by atoms with Crippen LogP contribution in [0.1, 0.15) is 39.2 Å². The summed E-state index contributed by atoms with van der Waals surface area (Å²) in [7, 11) is 0. The van der Waals surface area contributed by atoms with Crippen LogP contribution in [0.2, 0.25) is 0 Å². The molecule has 0 amide bonds. The summed E-state index contributed by atoms with van der Waals surface area (Å²) in [6, 6.07) is 9.89. The first kappa shape index (κ1) is 17.7. The number of hydrogen-bond acceptors (Lipinski definition) is 3. The second-order valence-corrected chi connectivity index (χ2v) is 7.30. The minimum absolute atomic E-state index is 0.244. The van der Waals surface area contributed by atoms with Gasteiger partial charge in [0, 0.05) is 12.3 Å². The summed E-state index contributed by atoms with van der Waals surface area (Å²) in [5, 5.41) is 0. The van der Waals surface area contributed by atoms with Crippen molar-refractivity contribution in [3.05, 3.63) is 71.3 Å². The molecule has 0 radical (unpaired) electrons. The van der Waals surface area contributed by atoms with Gasteiger partial charge < -0.3 is 9.47 Å². The molecule has 2 aliphatic rings. The lowest BCUT2D eigenvalue weighted by Gasteiger charge is -2.24. The fourth-order valence-corrected chi connectivity index (χ4v) is 3.38. The Morgan fingerprint density at radius 3 is 2.76 bits per heavy atom. The Bertz CT molecular complexity index is 729. The van der Waals surface area contributed by atoms with Crippen LogP contribution in [0.5, 0.6) is 0 Å². The maximum atomic E-state index is 12.5. The van der Waals surface area contributed by atoms with Gasteiger partial charge in [-0.15, -0.1) is 0 Å². The van der Waals surface area contributed by atoms with Crippen LogP contribution >= 0.6 is 0 Å². The van der Waals surface area contributed by atoms with E-state index in [1.807, 2.05) is 44.2 Å². The summed E-state index contributed by atoms with van der Waals surface area (Å²) in [6.45, 7) is 10.4. The number of carbonyl (C=O) groups excluding carboxylic acids is 1. The predicted octanol–water partition coefficient (Wildman–Crippen LogP) is 4.75. The quantitative estimate of drug-likeness (QED) is 0.574. The van der Waals surface area contributed by atoms with Crippen molar-refractivity contribution in [1.29, 1.82) is 0 Å². The topological polar surface area (TPSA) is 35.5 Å². The third-order valence-electron chi connectivity index (χ3n) is 5.15. The lowest BCUT2D eigenvalue weighted by Crippen LogP contribution is -2.33. The third kappa shape index (κ3) is 3.77. The summed E-state index contributed by atoms with van der Waals surface area (Å²) in [6.07, 6.45) is 5.68. The van der Waals surface area contributed by atoms with E-state index in [1.54, 1.807) is 0 Å². The van der Waals surface area contributed by atoms with Crippen LogP contribution in [0.3, 0.4) is 0 Å². The molecule has 0 spiro atoms. The van der Waals surface area contributed by atoms with E-state index in [2.05, 4.69) is 25.7 Å². The van der Waals surface area contributed by atoms with Gasteiger partial charge in [-0.25, -0.2) is 4.79 Å². The van der Waals surface area contributed by atoms with Gasteiger partial charge in [-0.05, 0) is 43.9 Å². The number of ether oxygens (including phenoxy) is 2. The van der Waals surface area contributed by atoms with Crippen molar-refractivity contribution < 1.29 is 14.3 Å². The molecule has 3 rings (SSSR count). The molecule has 0 bridgehead atoms. The molecular weight excluding hydrogens is 312 g/mol. The Morgan fingerprint density at radius 2 is 2.08 bits per heavy atom. The maximum absolute atomic E-state index is 12.5. The van der Waals surface area contributed by atoms with Crippen LogP contribution in [-0.2, 0) is 20.9 Å². The molecule has 1 saturated heterocycles. The highest BCUT2D eigenvalue weighted by molar-refractivity contribution is 5.82. The molecule has 1 heterocycles. The molecule has 3 heteroatoms. The highest BCUT2D eigenvalue weighted by Gasteiger charge is 2.48. The van der Waals surface area contributed by atoms with E-state index in [0.29, 0.717) is 18.9 Å². The lowest BCUT2D eigenvalue weighted by atomic mass is 9.83. The van der Waals surface area contributed by atoms with Crippen molar-refractivity contribution >= 4 is 5.97 Å². The number of hydrogen-bond donors (Lipinski definition) is 0. The Hall–Kier alpha value is -2.13. The lowest BCUT2D eigenvalue weighted by molar-refractivity contribution is -0.159. The van der Waals surface area contributed by atoms with Crippen molar-refractivity contribution in [3.8, 4) is 0 Å². The Balaban J connectivity index is 1.73. The molecule has 1 aliphatic heterocycles. The van der Waals surface area contributed by atoms with Crippen molar-refractivity contribution in [1.82, 2.24) is 0 Å². The van der Waals surface area contributed by atoms with E-state index in [0.717, 1.165) is 23.1 Å². The van der Waals surface area contributed by atoms with Gasteiger partial charge in [0.05, 0.1) is 6.61 Å². The minimum Gasteiger partial charge on any atom is -0.455 e. The molecule has 0 aromatic heterocycles. The summed E-state index contributed by atoms with van der Waals surface area (Å²) >= 11 is 0. The standard InChI is InChI=1S/C22H26O3/c1-15(2)18-11-10-16(3)19(12-18)20-13-22(4,21(23)25-20)24-14-17-8-6-5-7-9-17/h5-10,12,18,20H,1,11,13-14H2,2-4H3/t18-,20-,22-/m0/s1. The molecule has 25 heavy (non-hydrogen) atoms. The van der Waals surface area contributed by atoms with E-state index in [4.69, 9.17) is 9.47 Å². The molecule has 0 saturated carbocycles. The number of cyclic esters (lactones) is 1. The molecule has 1 aromatic carbocycles. The average Bonchev–Trinajstić information content (AvgIpc) is 2.89. The molecule has 1 aliphatic carbocycles. The number of carbonyl (C=O) groups is 1. The van der Waals surface area contributed by atoms with Gasteiger partial charge in [-0.2, -0.15) is 0 Å². The molecule has 3 nitrogen and oxygen atoms in total. The van der Waals surface area contributed by atoms with Crippen molar-refractivity contribution in [2.45, 2.75) is 51.9 Å². The van der Waals surface area contributed by atoms with Crippen LogP contribution < -0.4 is 0 Å². The first-order valence-corrected chi connectivity index (χ1v) is 8.82. The van der Waals surface area contributed by atoms with E-state index < -0.39 is 5.60 Å². The Labute approximate surface area is 150 Å². The van der Waals surface area contributed by atoms with Crippen LogP contribution in [0.15, 0.2) is 65.8 Å². The Morgan fingerprint density at radius 1 is 1.36 bits per heavy atom. The molecule has 0 N–H and O–H groups in total. The molecule has 0 unspecified atom stereocenters. The highest BCUT2D eigenvalue weighted by atomic mass is 16.6. The predicted molar refractivity (Wildman–Crippen MR) is 98.9 cm³/mol. The van der Waals surface area contributed by atoms with Crippen molar-refractivity contribution in [2.75, 3.05) is 0 Å². The van der Waals surface area contributed by atoms with Gasteiger partial charge in [0.15, 0.2) is 5.60 Å². The number of allylic oxidation sites excluding steroid dienone is 3. The monoisotopic (exact) mass is 338 g/mol. The van der Waals surface area contributed by atoms with Gasteiger partial charge >= 0.3 is 5.97 Å². The summed E-state index contributed by atoms with van der Waals surface area (Å²) in [5.74, 6) is 0.0362. The van der Waals surface area contributed by atoms with Gasteiger partial charge in [-0.3, -0.25) is 0 Å². The van der Waals surface area contributed by atoms with Crippen LogP contribution in [0.25, 0.3) is 0 Å². The van der Waals surface area contributed by atoms with E-state index >= 15 is 0 Å². The van der Waals surface area contributed by atoms with Gasteiger partial charge in [0.1, 0.15) is 6.10 Å². The van der Waals surface area contributed by atoms with Gasteiger partial charge in [0.25, 0.3) is 0 Å². The minimum atomic E-state index is -0.905. The highest BCUT2D eigenvalue weighted by Crippen LogP contribution is 2.38. The third-order valence-corrected chi connectivity index (χ3v) is 5.15. The van der Waals surface area contributed by atoms with Crippen LogP contribution in [0, 0.1) is 5.92 Å².